The van der Waals surface area contributed by atoms with Gasteiger partial charge in [-0.1, -0.05) is 0 Å². The van der Waals surface area contributed by atoms with Crippen LogP contribution in [0, 0.1) is 6.92 Å². The van der Waals surface area contributed by atoms with Crippen LogP contribution in [0.5, 0.6) is 0 Å². The van der Waals surface area contributed by atoms with Gasteiger partial charge in [0.1, 0.15) is 0 Å². The average Bonchev–Trinajstić information content (AvgIpc) is 3.50. The molecule has 0 N–H and O–H groups in total. The Balaban J connectivity index is 1.53. The normalized spacial score (nSPS) is 16.8. The van der Waals surface area contributed by atoms with Crippen LogP contribution in [0.2, 0.25) is 0 Å². The van der Waals surface area contributed by atoms with Gasteiger partial charge in [0, 0.05) is 0 Å². The average molecular weight is 689 g/mol. The minimum atomic E-state index is -3.97. The Morgan fingerprint density at radius 3 is 2.07 bits per heavy atom. The fraction of sp³-hybridized carbons (Fsp3) is 0.316. The van der Waals surface area contributed by atoms with Crippen molar-refractivity contribution < 1.29 is 17.9 Å². The molecule has 2 aliphatic rings. The number of fused-ring (bicyclic) bond motifs is 4. The Kier molecular flexibility index (Phi) is 7.75. The molecule has 1 aliphatic heterocycles. The third-order valence-electron chi connectivity index (χ3n) is 9.43. The van der Waals surface area contributed by atoms with Crippen LogP contribution in [0.15, 0.2) is 78.4 Å². The van der Waals surface area contributed by atoms with E-state index in [0.29, 0.717) is 0 Å². The predicted octanol–water partition coefficient (Wildman–Crippen LogP) is 8.99. The van der Waals surface area contributed by atoms with E-state index in [2.05, 4.69) is 134 Å². The second kappa shape index (κ2) is 10.7. The van der Waals surface area contributed by atoms with Gasteiger partial charge in [0.25, 0.3) is 0 Å². The van der Waals surface area contributed by atoms with E-state index in [1.165, 1.54) is 69.3 Å². The summed E-state index contributed by atoms with van der Waals surface area (Å²) in [6.45, 7) is 18.4. The number of aryl methyl sites for hydroxylation is 1. The zero-order chi connectivity index (χ0) is 30.2. The first-order valence-corrected chi connectivity index (χ1v) is 25.7. The van der Waals surface area contributed by atoms with Crippen molar-refractivity contribution in [2.75, 3.05) is 0 Å². The maximum atomic E-state index is 7.86. The molecule has 0 nitrogen and oxygen atoms in total. The van der Waals surface area contributed by atoms with Gasteiger partial charge in [0.05, 0.1) is 0 Å². The van der Waals surface area contributed by atoms with Crippen molar-refractivity contribution >= 4 is 46.3 Å². The zero-order valence-corrected chi connectivity index (χ0v) is 31.6. The second-order valence-electron chi connectivity index (χ2n) is 14.4. The fourth-order valence-electron chi connectivity index (χ4n) is 7.00. The summed E-state index contributed by atoms with van der Waals surface area (Å²) in [6.07, 6.45) is 3.41. The molecule has 4 heteroatoms. The number of benzene rings is 4. The van der Waals surface area contributed by atoms with Gasteiger partial charge in [-0.05, 0) is 0 Å². The van der Waals surface area contributed by atoms with Gasteiger partial charge in [-0.25, -0.2) is 0 Å². The molecule has 6 rings (SSSR count). The number of allylic oxidation sites excluding steroid dienone is 1. The molecular weight excluding hydrogens is 647 g/mol. The minimum absolute atomic E-state index is 0.0574. The van der Waals surface area contributed by atoms with Crippen LogP contribution >= 0.6 is 17.0 Å². The van der Waals surface area contributed by atoms with Crippen LogP contribution in [0.3, 0.4) is 0 Å². The molecule has 1 atom stereocenters. The first-order valence-electron chi connectivity index (χ1n) is 15.3. The van der Waals surface area contributed by atoms with E-state index >= 15 is 0 Å². The molecule has 0 spiro atoms. The van der Waals surface area contributed by atoms with Crippen LogP contribution in [-0.2, 0) is 28.7 Å². The van der Waals surface area contributed by atoms with Crippen molar-refractivity contribution in [3.05, 3.63) is 106 Å². The molecule has 1 unspecified atom stereocenters. The van der Waals surface area contributed by atoms with E-state index < -0.39 is 27.4 Å². The Labute approximate surface area is 266 Å². The van der Waals surface area contributed by atoms with Crippen molar-refractivity contribution in [3.63, 3.8) is 0 Å². The van der Waals surface area contributed by atoms with Gasteiger partial charge >= 0.3 is 269 Å². The van der Waals surface area contributed by atoms with Crippen LogP contribution in [-0.4, -0.2) is 9.52 Å². The van der Waals surface area contributed by atoms with E-state index in [1.807, 2.05) is 0 Å². The summed E-state index contributed by atoms with van der Waals surface area (Å²) in [5.41, 5.74) is 13.7. The Morgan fingerprint density at radius 1 is 0.786 bits per heavy atom. The molecule has 0 saturated carbocycles. The molecule has 4 aromatic rings. The van der Waals surface area contributed by atoms with Crippen LogP contribution in [0.4, 0.5) is 0 Å². The molecule has 0 radical (unpaired) electrons. The molecule has 0 aromatic heterocycles. The van der Waals surface area contributed by atoms with Gasteiger partial charge in [0.15, 0.2) is 0 Å². The van der Waals surface area contributed by atoms with E-state index in [0.717, 1.165) is 6.42 Å². The van der Waals surface area contributed by atoms with Crippen LogP contribution in [0.1, 0.15) is 86.3 Å². The van der Waals surface area contributed by atoms with E-state index in [1.54, 1.807) is 0 Å². The summed E-state index contributed by atoms with van der Waals surface area (Å²) in [4.78, 5) is 0. The number of rotatable bonds is 4. The molecule has 42 heavy (non-hydrogen) atoms. The zero-order valence-electron chi connectivity index (χ0n) is 26.3. The molecular formula is C38H42Cl2SiZr. The number of hydrogen-bond donors (Lipinski definition) is 0. The Bertz CT molecular complexity index is 1720. The van der Waals surface area contributed by atoms with Crippen LogP contribution < -0.4 is 13.6 Å². The van der Waals surface area contributed by atoms with Gasteiger partial charge in [-0.15, -0.1) is 0 Å². The predicted molar refractivity (Wildman–Crippen MR) is 186 cm³/mol. The molecule has 0 saturated heterocycles. The number of hydrogen-bond acceptors (Lipinski definition) is 0. The van der Waals surface area contributed by atoms with Gasteiger partial charge in [-0.2, -0.15) is 0 Å². The van der Waals surface area contributed by atoms with Gasteiger partial charge in [-0.3, -0.25) is 0 Å². The monoisotopic (exact) mass is 686 g/mol. The van der Waals surface area contributed by atoms with Gasteiger partial charge in [0.2, 0.25) is 0 Å². The van der Waals surface area contributed by atoms with Crippen molar-refractivity contribution in [2.24, 2.45) is 0 Å². The molecule has 1 heterocycles. The third-order valence-corrected chi connectivity index (χ3v) is 23.8. The summed E-state index contributed by atoms with van der Waals surface area (Å²) < 4.78 is 1.41. The molecule has 1 aliphatic carbocycles. The standard InChI is InChI=1S/C26H33.C12H9Si.2ClH.Zr/c1-9-18-12-19-11-10-17(2)24(23(19)13-18)20-14-21(25(3,4)5)16-22(15-20)26(6,7)8;1-3-7-11-9(5-1)10-6-2-4-8-12(10)13-11;;;/h10-16H,9H2,1-8H3;1-7H,13H2;2*1H;/q;;;;+2/p-2. The molecule has 216 valence electrons. The summed E-state index contributed by atoms with van der Waals surface area (Å²) in [7, 11) is 15.1. The quantitative estimate of drug-likeness (QED) is 0.166. The Morgan fingerprint density at radius 2 is 1.43 bits per heavy atom. The van der Waals surface area contributed by atoms with Crippen molar-refractivity contribution in [1.29, 1.82) is 0 Å². The summed E-state index contributed by atoms with van der Waals surface area (Å²) in [5.74, 6) is 0. The molecule has 0 bridgehead atoms. The molecule has 0 fully saturated rings. The van der Waals surface area contributed by atoms with Crippen molar-refractivity contribution in [1.82, 2.24) is 0 Å². The van der Waals surface area contributed by atoms with Gasteiger partial charge < -0.3 is 0 Å². The Hall–Kier alpha value is -1.70. The van der Waals surface area contributed by atoms with Crippen molar-refractivity contribution in [3.8, 4) is 22.3 Å². The maximum absolute atomic E-state index is 7.86. The first kappa shape index (κ1) is 30.3. The molecule has 0 amide bonds. The van der Waals surface area contributed by atoms with E-state index in [9.17, 15) is 0 Å². The topological polar surface area (TPSA) is 0 Å². The molecule has 4 aromatic carbocycles. The summed E-state index contributed by atoms with van der Waals surface area (Å²) in [6, 6.07) is 27.6. The van der Waals surface area contributed by atoms with E-state index in [-0.39, 0.29) is 14.5 Å². The van der Waals surface area contributed by atoms with Crippen molar-refractivity contribution in [2.45, 2.75) is 76.3 Å². The first-order chi connectivity index (χ1) is 19.7. The number of halogens is 2. The summed E-state index contributed by atoms with van der Waals surface area (Å²) in [5, 5.41) is 3.00. The summed E-state index contributed by atoms with van der Waals surface area (Å²) >= 11 is -3.97. The van der Waals surface area contributed by atoms with E-state index in [4.69, 9.17) is 17.0 Å². The second-order valence-corrected chi connectivity index (χ2v) is 30.2. The fourth-order valence-corrected chi connectivity index (χ4v) is 24.0. The third kappa shape index (κ3) is 5.09. The SMILES string of the molecule is CCC1=Cc2c(ccc(C)c2-c2cc(C(C)(C)C)cc(C(C)(C)C)c2)[CH]1[Zr]([Cl])([Cl])[c]1cccc2c1[SiH2]c1ccccc1-2. The van der Waals surface area contributed by atoms with Crippen LogP contribution in [0.25, 0.3) is 28.3 Å².